The summed E-state index contributed by atoms with van der Waals surface area (Å²) >= 11 is 0. The topological polar surface area (TPSA) is 130 Å². The SMILES string of the molecule is CCS(=O)(=O)c1ccc(-c2nnc(NC(=O)/C=C/c3cc(OC)c(OC)c(OC)c3)o2)cc1. The summed E-state index contributed by atoms with van der Waals surface area (Å²) in [4.78, 5) is 12.5. The average Bonchev–Trinajstić information content (AvgIpc) is 3.30. The van der Waals surface area contributed by atoms with Crippen molar-refractivity contribution in [3.05, 3.63) is 48.0 Å². The van der Waals surface area contributed by atoms with Gasteiger partial charge in [0, 0.05) is 11.6 Å². The maximum Gasteiger partial charge on any atom is 0.322 e. The number of sulfone groups is 1. The van der Waals surface area contributed by atoms with Gasteiger partial charge in [0.05, 0.1) is 32.0 Å². The minimum absolute atomic E-state index is 0.00664. The van der Waals surface area contributed by atoms with Gasteiger partial charge < -0.3 is 18.6 Å². The van der Waals surface area contributed by atoms with E-state index in [1.165, 1.54) is 39.5 Å². The van der Waals surface area contributed by atoms with Crippen LogP contribution in [0.1, 0.15) is 12.5 Å². The van der Waals surface area contributed by atoms with Crippen molar-refractivity contribution in [2.24, 2.45) is 0 Å². The van der Waals surface area contributed by atoms with Crippen LogP contribution in [0.15, 0.2) is 51.8 Å². The molecule has 1 aromatic heterocycles. The summed E-state index contributed by atoms with van der Waals surface area (Å²) in [6, 6.07) is 9.34. The van der Waals surface area contributed by atoms with Crippen molar-refractivity contribution >= 4 is 27.8 Å². The molecule has 0 fully saturated rings. The van der Waals surface area contributed by atoms with Gasteiger partial charge in [-0.2, -0.15) is 0 Å². The first kappa shape index (κ1) is 23.8. The maximum absolute atomic E-state index is 12.3. The predicted molar refractivity (Wildman–Crippen MR) is 121 cm³/mol. The summed E-state index contributed by atoms with van der Waals surface area (Å²) in [5.41, 5.74) is 1.17. The number of carbonyl (C=O) groups is 1. The van der Waals surface area contributed by atoms with Crippen molar-refractivity contribution in [3.8, 4) is 28.7 Å². The number of rotatable bonds is 9. The molecule has 1 amide bonds. The number of aromatic nitrogens is 2. The Bertz CT molecular complexity index is 1240. The lowest BCUT2D eigenvalue weighted by molar-refractivity contribution is -0.112. The van der Waals surface area contributed by atoms with Gasteiger partial charge in [0.25, 0.3) is 5.91 Å². The molecule has 0 atom stereocenters. The Kier molecular flexibility index (Phi) is 7.34. The fourth-order valence-corrected chi connectivity index (χ4v) is 3.76. The Morgan fingerprint density at radius 2 is 1.67 bits per heavy atom. The fourth-order valence-electron chi connectivity index (χ4n) is 2.88. The Labute approximate surface area is 191 Å². The molecule has 0 saturated heterocycles. The van der Waals surface area contributed by atoms with Crippen molar-refractivity contribution in [1.29, 1.82) is 0 Å². The minimum atomic E-state index is -3.30. The molecular formula is C22H23N3O7S. The van der Waals surface area contributed by atoms with Crippen molar-refractivity contribution in [2.75, 3.05) is 32.4 Å². The fraction of sp³-hybridized carbons (Fsp3) is 0.227. The van der Waals surface area contributed by atoms with Gasteiger partial charge in [-0.1, -0.05) is 12.0 Å². The average molecular weight is 474 g/mol. The lowest BCUT2D eigenvalue weighted by atomic mass is 10.1. The molecule has 3 rings (SSSR count). The van der Waals surface area contributed by atoms with E-state index in [1.807, 2.05) is 0 Å². The number of amides is 1. The summed E-state index contributed by atoms with van der Waals surface area (Å²) in [6.45, 7) is 1.58. The number of hydrogen-bond donors (Lipinski definition) is 1. The molecular weight excluding hydrogens is 450 g/mol. The molecule has 1 N–H and O–H groups in total. The van der Waals surface area contributed by atoms with E-state index in [9.17, 15) is 13.2 Å². The van der Waals surface area contributed by atoms with Gasteiger partial charge in [0.15, 0.2) is 21.3 Å². The summed E-state index contributed by atoms with van der Waals surface area (Å²) in [5.74, 6) is 1.00. The van der Waals surface area contributed by atoms with Crippen molar-refractivity contribution in [2.45, 2.75) is 11.8 Å². The van der Waals surface area contributed by atoms with Crippen molar-refractivity contribution < 1.29 is 31.8 Å². The molecule has 0 aliphatic heterocycles. The highest BCUT2D eigenvalue weighted by Gasteiger charge is 2.15. The van der Waals surface area contributed by atoms with Crippen LogP contribution in [0.25, 0.3) is 17.5 Å². The second-order valence-electron chi connectivity index (χ2n) is 6.62. The monoisotopic (exact) mass is 473 g/mol. The van der Waals surface area contributed by atoms with Gasteiger partial charge in [0.1, 0.15) is 0 Å². The molecule has 2 aromatic carbocycles. The normalized spacial score (nSPS) is 11.4. The van der Waals surface area contributed by atoms with Crippen molar-refractivity contribution in [3.63, 3.8) is 0 Å². The molecule has 0 aliphatic rings. The van der Waals surface area contributed by atoms with Crippen LogP contribution >= 0.6 is 0 Å². The Hall–Kier alpha value is -3.86. The molecule has 0 unspecified atom stereocenters. The molecule has 10 nitrogen and oxygen atoms in total. The second-order valence-corrected chi connectivity index (χ2v) is 8.90. The van der Waals surface area contributed by atoms with Crippen LogP contribution in [-0.4, -0.2) is 51.6 Å². The summed E-state index contributed by atoms with van der Waals surface area (Å²) in [5, 5.41) is 10.2. The van der Waals surface area contributed by atoms with Gasteiger partial charge in [-0.3, -0.25) is 10.1 Å². The summed E-state index contributed by atoms with van der Waals surface area (Å²) < 4.78 is 45.1. The zero-order valence-corrected chi connectivity index (χ0v) is 19.3. The Balaban J connectivity index is 1.71. The lowest BCUT2D eigenvalue weighted by Gasteiger charge is -2.12. The molecule has 3 aromatic rings. The molecule has 0 spiro atoms. The van der Waals surface area contributed by atoms with E-state index >= 15 is 0 Å². The quantitative estimate of drug-likeness (QED) is 0.466. The third-order valence-electron chi connectivity index (χ3n) is 4.61. The number of anilines is 1. The van der Waals surface area contributed by atoms with Crippen LogP contribution in [0.5, 0.6) is 17.2 Å². The van der Waals surface area contributed by atoms with Crippen LogP contribution in [0, 0.1) is 0 Å². The van der Waals surface area contributed by atoms with E-state index in [0.717, 1.165) is 0 Å². The molecule has 33 heavy (non-hydrogen) atoms. The minimum Gasteiger partial charge on any atom is -0.493 e. The molecule has 0 saturated carbocycles. The van der Waals surface area contributed by atoms with Crippen LogP contribution in [-0.2, 0) is 14.6 Å². The third-order valence-corrected chi connectivity index (χ3v) is 6.36. The number of nitrogens with zero attached hydrogens (tertiary/aromatic N) is 2. The number of ether oxygens (including phenoxy) is 3. The number of nitrogens with one attached hydrogen (secondary N) is 1. The van der Waals surface area contributed by atoms with Crippen LogP contribution in [0.4, 0.5) is 6.01 Å². The predicted octanol–water partition coefficient (Wildman–Crippen LogP) is 3.21. The highest BCUT2D eigenvalue weighted by Crippen LogP contribution is 2.38. The Morgan fingerprint density at radius 1 is 1.03 bits per heavy atom. The van der Waals surface area contributed by atoms with E-state index < -0.39 is 15.7 Å². The molecule has 0 aliphatic carbocycles. The van der Waals surface area contributed by atoms with Gasteiger partial charge in [-0.25, -0.2) is 8.42 Å². The van der Waals surface area contributed by atoms with Gasteiger partial charge in [-0.15, -0.1) is 5.10 Å². The summed E-state index contributed by atoms with van der Waals surface area (Å²) in [6.07, 6.45) is 2.85. The number of hydrogen-bond acceptors (Lipinski definition) is 9. The molecule has 0 bridgehead atoms. The number of benzene rings is 2. The molecule has 0 radical (unpaired) electrons. The van der Waals surface area contributed by atoms with E-state index in [1.54, 1.807) is 37.3 Å². The number of carbonyl (C=O) groups excluding carboxylic acids is 1. The smallest absolute Gasteiger partial charge is 0.322 e. The van der Waals surface area contributed by atoms with Crippen molar-refractivity contribution in [1.82, 2.24) is 10.2 Å². The highest BCUT2D eigenvalue weighted by atomic mass is 32.2. The summed E-state index contributed by atoms with van der Waals surface area (Å²) in [7, 11) is 1.20. The van der Waals surface area contributed by atoms with Gasteiger partial charge in [-0.05, 0) is 48.0 Å². The van der Waals surface area contributed by atoms with Gasteiger partial charge >= 0.3 is 6.01 Å². The molecule has 1 heterocycles. The van der Waals surface area contributed by atoms with Gasteiger partial charge in [0.2, 0.25) is 11.6 Å². The second kappa shape index (κ2) is 10.2. The maximum atomic E-state index is 12.3. The van der Waals surface area contributed by atoms with Crippen LogP contribution < -0.4 is 19.5 Å². The standard InChI is InChI=1S/C22H23N3O7S/c1-5-33(27,28)16-9-7-15(8-10-16)21-24-25-22(32-21)23-19(26)11-6-14-12-17(29-2)20(31-4)18(13-14)30-3/h6-13H,5H2,1-4H3,(H,23,25,26)/b11-6+. The van der Waals surface area contributed by atoms with E-state index in [-0.39, 0.29) is 22.6 Å². The van der Waals surface area contributed by atoms with E-state index in [2.05, 4.69) is 15.5 Å². The largest absolute Gasteiger partial charge is 0.493 e. The van der Waals surface area contributed by atoms with E-state index in [0.29, 0.717) is 28.4 Å². The first-order valence-electron chi connectivity index (χ1n) is 9.77. The first-order chi connectivity index (χ1) is 15.8. The van der Waals surface area contributed by atoms with E-state index in [4.69, 9.17) is 18.6 Å². The number of methoxy groups -OCH3 is 3. The molecule has 174 valence electrons. The zero-order valence-electron chi connectivity index (χ0n) is 18.5. The first-order valence-corrected chi connectivity index (χ1v) is 11.4. The Morgan fingerprint density at radius 3 is 2.21 bits per heavy atom. The van der Waals surface area contributed by atoms with Crippen LogP contribution in [0.3, 0.4) is 0 Å². The highest BCUT2D eigenvalue weighted by molar-refractivity contribution is 7.91. The zero-order chi connectivity index (χ0) is 24.0. The third kappa shape index (κ3) is 5.50. The van der Waals surface area contributed by atoms with Crippen LogP contribution in [0.2, 0.25) is 0 Å². The molecule has 11 heteroatoms. The lowest BCUT2D eigenvalue weighted by Crippen LogP contribution is -2.07.